The largest absolute Gasteiger partial charge is 0.462 e. The smallest absolute Gasteiger partial charge is 0.345 e. The molecule has 2 heterocycles. The molecule has 232 valence electrons. The number of rotatable bonds is 10. The van der Waals surface area contributed by atoms with Crippen molar-refractivity contribution < 1.29 is 42.5 Å². The van der Waals surface area contributed by atoms with Crippen LogP contribution in [0.3, 0.4) is 0 Å². The van der Waals surface area contributed by atoms with Crippen molar-refractivity contribution in [2.75, 3.05) is 13.2 Å². The number of aliphatic hydroxyl groups excluding tert-OH is 1. The number of halogens is 2. The van der Waals surface area contributed by atoms with Crippen molar-refractivity contribution in [2.24, 2.45) is 0 Å². The second kappa shape index (κ2) is 13.4. The molecule has 9 nitrogen and oxygen atoms in total. The van der Waals surface area contributed by atoms with Gasteiger partial charge in [0.15, 0.2) is 11.9 Å². The Bertz CT molecular complexity index is 1920. The van der Waals surface area contributed by atoms with E-state index in [2.05, 4.69) is 0 Å². The van der Waals surface area contributed by atoms with Gasteiger partial charge in [-0.1, -0.05) is 60.7 Å². The summed E-state index contributed by atoms with van der Waals surface area (Å²) in [5, 5.41) is 11.2. The summed E-state index contributed by atoms with van der Waals surface area (Å²) in [5.74, 6) is -7.25. The zero-order valence-electron chi connectivity index (χ0n) is 24.1. The second-order valence-corrected chi connectivity index (χ2v) is 10.8. The van der Waals surface area contributed by atoms with Gasteiger partial charge in [-0.2, -0.15) is 0 Å². The molecule has 12 heteroatoms. The fraction of sp³-hybridized carbons (Fsp3) is 0.212. The quantitative estimate of drug-likeness (QED) is 0.159. The molecule has 0 aliphatic rings. The highest BCUT2D eigenvalue weighted by Gasteiger charge is 2.34. The highest BCUT2D eigenvalue weighted by Crippen LogP contribution is 2.35. The van der Waals surface area contributed by atoms with Crippen molar-refractivity contribution in [3.8, 4) is 0 Å². The number of aromatic nitrogens is 1. The number of hydrogen-bond donors (Lipinski definition) is 1. The maximum atomic E-state index is 16.6. The number of thiazole rings is 1. The normalized spacial score (nSPS) is 12.0. The Labute approximate surface area is 259 Å². The van der Waals surface area contributed by atoms with Gasteiger partial charge < -0.3 is 19.3 Å². The number of aliphatic hydroxyl groups is 1. The van der Waals surface area contributed by atoms with Crippen LogP contribution in [0.1, 0.15) is 58.6 Å². The molecule has 0 amide bonds. The third kappa shape index (κ3) is 6.06. The van der Waals surface area contributed by atoms with Gasteiger partial charge in [0.25, 0.3) is 0 Å². The van der Waals surface area contributed by atoms with E-state index in [1.165, 1.54) is 19.2 Å². The summed E-state index contributed by atoms with van der Waals surface area (Å²) in [6, 6.07) is 18.1. The lowest BCUT2D eigenvalue weighted by atomic mass is 9.95. The van der Waals surface area contributed by atoms with Gasteiger partial charge in [0.05, 0.1) is 29.8 Å². The maximum absolute atomic E-state index is 16.6. The standard InChI is InChI=1S/C33H27F2NO8S/c1-3-42-33(41)26-29(39)22-14-24(34)25(27(35)28(22)36-21(16-43-18(2)38)17-45-31(26)36)23(15-37)32(40)44-30(19-10-6-4-7-11-19)20-12-8-5-9-13-20/h4-14,17,23,30,37H,3,15-16H2,1-2H3. The fourth-order valence-corrected chi connectivity index (χ4v) is 6.09. The van der Waals surface area contributed by atoms with Gasteiger partial charge in [-0.15, -0.1) is 11.3 Å². The molecular weight excluding hydrogens is 608 g/mol. The van der Waals surface area contributed by atoms with Crippen LogP contribution in [0.25, 0.3) is 15.7 Å². The molecule has 0 aliphatic carbocycles. The molecule has 0 aliphatic heterocycles. The lowest BCUT2D eigenvalue weighted by molar-refractivity contribution is -0.150. The van der Waals surface area contributed by atoms with Crippen molar-refractivity contribution in [2.45, 2.75) is 32.5 Å². The number of carbonyl (C=O) groups excluding carboxylic acids is 3. The van der Waals surface area contributed by atoms with Crippen LogP contribution in [0.4, 0.5) is 8.78 Å². The summed E-state index contributed by atoms with van der Waals surface area (Å²) in [6.45, 7) is 1.23. The fourth-order valence-electron chi connectivity index (χ4n) is 5.07. The topological polar surface area (TPSA) is 121 Å². The summed E-state index contributed by atoms with van der Waals surface area (Å²) in [7, 11) is 0. The minimum absolute atomic E-state index is 0.0408. The van der Waals surface area contributed by atoms with Gasteiger partial charge in [0.1, 0.15) is 28.7 Å². The predicted molar refractivity (Wildman–Crippen MR) is 161 cm³/mol. The lowest BCUT2D eigenvalue weighted by Gasteiger charge is -2.23. The van der Waals surface area contributed by atoms with E-state index in [4.69, 9.17) is 14.2 Å². The zero-order chi connectivity index (χ0) is 32.2. The van der Waals surface area contributed by atoms with E-state index in [1.807, 2.05) is 0 Å². The summed E-state index contributed by atoms with van der Waals surface area (Å²) >= 11 is 0.888. The summed E-state index contributed by atoms with van der Waals surface area (Å²) in [5.41, 5.74) is -1.43. The Hall–Kier alpha value is -4.94. The van der Waals surface area contributed by atoms with Crippen LogP contribution >= 0.6 is 11.3 Å². The van der Waals surface area contributed by atoms with Crippen molar-refractivity contribution in [1.29, 1.82) is 0 Å². The molecule has 0 fully saturated rings. The molecule has 0 saturated heterocycles. The Balaban J connectivity index is 1.69. The van der Waals surface area contributed by atoms with E-state index in [1.54, 1.807) is 60.7 Å². The van der Waals surface area contributed by atoms with Gasteiger partial charge in [0.2, 0.25) is 5.43 Å². The van der Waals surface area contributed by atoms with E-state index in [0.717, 1.165) is 15.7 Å². The van der Waals surface area contributed by atoms with Crippen LogP contribution in [-0.4, -0.2) is 40.6 Å². The Morgan fingerprint density at radius 1 is 0.978 bits per heavy atom. The average Bonchev–Trinajstić information content (AvgIpc) is 3.44. The van der Waals surface area contributed by atoms with E-state index >= 15 is 8.78 Å². The minimum atomic E-state index is -1.84. The molecule has 3 aromatic carbocycles. The number of carbonyl (C=O) groups is 3. The van der Waals surface area contributed by atoms with Crippen molar-refractivity contribution in [1.82, 2.24) is 4.40 Å². The molecule has 45 heavy (non-hydrogen) atoms. The molecule has 1 N–H and O–H groups in total. The number of nitrogens with zero attached hydrogens (tertiary/aromatic N) is 1. The average molecular weight is 636 g/mol. The number of ether oxygens (including phenoxy) is 3. The molecule has 0 bridgehead atoms. The van der Waals surface area contributed by atoms with Crippen molar-refractivity contribution >= 4 is 45.0 Å². The monoisotopic (exact) mass is 635 g/mol. The van der Waals surface area contributed by atoms with E-state index in [-0.39, 0.29) is 23.7 Å². The van der Waals surface area contributed by atoms with E-state index in [9.17, 15) is 24.3 Å². The molecule has 1 unspecified atom stereocenters. The number of fused-ring (bicyclic) bond motifs is 3. The molecule has 0 spiro atoms. The second-order valence-electron chi connectivity index (χ2n) is 9.93. The first-order chi connectivity index (χ1) is 21.7. The number of esters is 3. The van der Waals surface area contributed by atoms with Crippen LogP contribution in [0, 0.1) is 11.6 Å². The third-order valence-corrected chi connectivity index (χ3v) is 8.09. The number of hydrogen-bond acceptors (Lipinski definition) is 9. The molecule has 1 atom stereocenters. The molecule has 0 radical (unpaired) electrons. The minimum Gasteiger partial charge on any atom is -0.462 e. The molecule has 0 saturated carbocycles. The summed E-state index contributed by atoms with van der Waals surface area (Å²) in [6.07, 6.45) is -0.964. The first kappa shape index (κ1) is 31.5. The number of benzene rings is 3. The maximum Gasteiger partial charge on any atom is 0.345 e. The van der Waals surface area contributed by atoms with Gasteiger partial charge in [-0.25, -0.2) is 13.6 Å². The highest BCUT2D eigenvalue weighted by molar-refractivity contribution is 7.16. The summed E-state index contributed by atoms with van der Waals surface area (Å²) < 4.78 is 49.5. The van der Waals surface area contributed by atoms with Crippen LogP contribution in [0.5, 0.6) is 0 Å². The van der Waals surface area contributed by atoms with E-state index < -0.39 is 75.6 Å². The van der Waals surface area contributed by atoms with Crippen molar-refractivity contribution in [3.63, 3.8) is 0 Å². The van der Waals surface area contributed by atoms with Gasteiger partial charge in [0, 0.05) is 17.9 Å². The highest BCUT2D eigenvalue weighted by atomic mass is 32.1. The predicted octanol–water partition coefficient (Wildman–Crippen LogP) is 5.44. The van der Waals surface area contributed by atoms with Crippen LogP contribution in [0.15, 0.2) is 76.9 Å². The van der Waals surface area contributed by atoms with Crippen LogP contribution in [-0.2, 0) is 30.4 Å². The van der Waals surface area contributed by atoms with Crippen molar-refractivity contribution in [3.05, 3.63) is 122 Å². The van der Waals surface area contributed by atoms with Gasteiger partial charge in [-0.3, -0.25) is 18.8 Å². The first-order valence-electron chi connectivity index (χ1n) is 13.9. The van der Waals surface area contributed by atoms with Gasteiger partial charge >= 0.3 is 17.9 Å². The molecule has 5 rings (SSSR count). The van der Waals surface area contributed by atoms with Crippen LogP contribution in [0.2, 0.25) is 0 Å². The Morgan fingerprint density at radius 2 is 1.60 bits per heavy atom. The van der Waals surface area contributed by atoms with E-state index in [0.29, 0.717) is 17.2 Å². The molecular formula is C33H27F2NO8S. The first-order valence-corrected chi connectivity index (χ1v) is 14.7. The zero-order valence-corrected chi connectivity index (χ0v) is 24.9. The molecule has 5 aromatic rings. The Kier molecular flexibility index (Phi) is 9.35. The third-order valence-electron chi connectivity index (χ3n) is 7.09. The Morgan fingerprint density at radius 3 is 2.16 bits per heavy atom. The molecule has 2 aromatic heterocycles. The van der Waals surface area contributed by atoms with Gasteiger partial charge in [-0.05, 0) is 24.1 Å². The van der Waals surface area contributed by atoms with Crippen LogP contribution < -0.4 is 5.43 Å². The summed E-state index contributed by atoms with van der Waals surface area (Å²) in [4.78, 5) is 51.5. The SMILES string of the molecule is CCOC(=O)c1c(=O)c2cc(F)c(C(CO)C(=O)OC(c3ccccc3)c3ccccc3)c(F)c2n2c(COC(C)=O)csc12. The number of pyridine rings is 1. The lowest BCUT2D eigenvalue weighted by Crippen LogP contribution is -2.26.